The van der Waals surface area contributed by atoms with E-state index in [2.05, 4.69) is 0 Å². The van der Waals surface area contributed by atoms with Crippen LogP contribution in [0.4, 0.5) is 26.3 Å². The predicted octanol–water partition coefficient (Wildman–Crippen LogP) is 7.28. The summed E-state index contributed by atoms with van der Waals surface area (Å²) in [4.78, 5) is 26.2. The molecule has 43 heavy (non-hydrogen) atoms. The molecule has 0 aliphatic heterocycles. The first-order valence-corrected chi connectivity index (χ1v) is 13.4. The normalized spacial score (nSPS) is 16.9. The largest absolute Gasteiger partial charge is 0.459 e. The monoisotopic (exact) mass is 618 g/mol. The maximum Gasteiger partial charge on any atom is 0.432 e. The summed E-state index contributed by atoms with van der Waals surface area (Å²) in [6.07, 6.45) is -10.1. The number of rotatable bonds is 13. The van der Waals surface area contributed by atoms with Crippen LogP contribution in [0.2, 0.25) is 0 Å². The molecule has 0 unspecified atom stereocenters. The Morgan fingerprint density at radius 2 is 1.07 bits per heavy atom. The van der Waals surface area contributed by atoms with Gasteiger partial charge in [-0.2, -0.15) is 26.3 Å². The topological polar surface area (TPSA) is 71.1 Å². The molecule has 2 aromatic carbocycles. The fourth-order valence-electron chi connectivity index (χ4n) is 4.40. The highest BCUT2D eigenvalue weighted by atomic mass is 19.4. The molecule has 0 saturated carbocycles. The highest BCUT2D eigenvalue weighted by molar-refractivity contribution is 5.83. The molecule has 12 heteroatoms. The zero-order valence-electron chi connectivity index (χ0n) is 24.7. The number of methoxy groups -OCH3 is 2. The fourth-order valence-corrected chi connectivity index (χ4v) is 4.40. The first-order valence-electron chi connectivity index (χ1n) is 13.4. The SMILES string of the molecule is CO[C@](C(=O)O[C@@H](C/C=C\[C@@H](OC(=O)[C@@](OC)(c1ccccc1)C(F)(F)F)C(C)C)C(C)C)(c1ccccc1)C(F)(F)F. The fraction of sp³-hybridized carbons (Fsp3) is 0.484. The zero-order valence-corrected chi connectivity index (χ0v) is 24.7. The van der Waals surface area contributed by atoms with Crippen LogP contribution in [0.1, 0.15) is 45.2 Å². The van der Waals surface area contributed by atoms with Gasteiger partial charge in [-0.15, -0.1) is 0 Å². The second-order valence-corrected chi connectivity index (χ2v) is 10.5. The lowest BCUT2D eigenvalue weighted by atomic mass is 9.92. The van der Waals surface area contributed by atoms with E-state index in [1.807, 2.05) is 0 Å². The van der Waals surface area contributed by atoms with Crippen LogP contribution < -0.4 is 0 Å². The number of esters is 2. The van der Waals surface area contributed by atoms with Crippen molar-refractivity contribution in [3.63, 3.8) is 0 Å². The highest BCUT2D eigenvalue weighted by Gasteiger charge is 2.65. The summed E-state index contributed by atoms with van der Waals surface area (Å²) in [7, 11) is 1.50. The third-order valence-electron chi connectivity index (χ3n) is 6.94. The lowest BCUT2D eigenvalue weighted by molar-refractivity contribution is -0.279. The van der Waals surface area contributed by atoms with Crippen LogP contribution >= 0.6 is 0 Å². The van der Waals surface area contributed by atoms with Crippen molar-refractivity contribution in [2.24, 2.45) is 11.8 Å². The molecule has 0 N–H and O–H groups in total. The molecular weight excluding hydrogens is 582 g/mol. The maximum atomic E-state index is 14.3. The molecule has 4 atom stereocenters. The van der Waals surface area contributed by atoms with E-state index in [1.165, 1.54) is 48.6 Å². The number of ether oxygens (including phenoxy) is 4. The van der Waals surface area contributed by atoms with Gasteiger partial charge in [0.25, 0.3) is 11.2 Å². The molecule has 0 aliphatic carbocycles. The van der Waals surface area contributed by atoms with Crippen LogP contribution in [0.5, 0.6) is 0 Å². The van der Waals surface area contributed by atoms with Crippen LogP contribution in [0.15, 0.2) is 72.8 Å². The van der Waals surface area contributed by atoms with Gasteiger partial charge in [0.15, 0.2) is 0 Å². The van der Waals surface area contributed by atoms with Crippen LogP contribution in [0.3, 0.4) is 0 Å². The van der Waals surface area contributed by atoms with Crippen molar-refractivity contribution in [2.45, 2.75) is 69.9 Å². The second kappa shape index (κ2) is 14.4. The third kappa shape index (κ3) is 7.59. The number of benzene rings is 2. The number of alkyl halides is 6. The van der Waals surface area contributed by atoms with Gasteiger partial charge in [0.05, 0.1) is 0 Å². The van der Waals surface area contributed by atoms with Gasteiger partial charge >= 0.3 is 24.3 Å². The number of hydrogen-bond donors (Lipinski definition) is 0. The smallest absolute Gasteiger partial charge is 0.432 e. The minimum atomic E-state index is -5.17. The molecule has 0 saturated heterocycles. The molecule has 0 amide bonds. The first-order chi connectivity index (χ1) is 20.0. The summed E-state index contributed by atoms with van der Waals surface area (Å²) in [5, 5.41) is 0. The van der Waals surface area contributed by atoms with Gasteiger partial charge in [0.1, 0.15) is 12.2 Å². The summed E-state index contributed by atoms with van der Waals surface area (Å²) in [5.74, 6) is -4.35. The van der Waals surface area contributed by atoms with E-state index in [0.717, 1.165) is 38.5 Å². The maximum absolute atomic E-state index is 14.3. The molecule has 0 aliphatic rings. The van der Waals surface area contributed by atoms with Crippen molar-refractivity contribution < 1.29 is 54.9 Å². The minimum Gasteiger partial charge on any atom is -0.459 e. The van der Waals surface area contributed by atoms with Crippen molar-refractivity contribution in [2.75, 3.05) is 14.2 Å². The number of carbonyl (C=O) groups excluding carboxylic acids is 2. The molecule has 0 fully saturated rings. The lowest BCUT2D eigenvalue weighted by Crippen LogP contribution is -2.52. The molecule has 0 heterocycles. The average molecular weight is 619 g/mol. The Balaban J connectivity index is 2.33. The minimum absolute atomic E-state index is 0.135. The van der Waals surface area contributed by atoms with E-state index in [9.17, 15) is 35.9 Å². The predicted molar refractivity (Wildman–Crippen MR) is 146 cm³/mol. The van der Waals surface area contributed by atoms with Gasteiger partial charge in [-0.05, 0) is 17.9 Å². The Kier molecular flexibility index (Phi) is 12.0. The van der Waals surface area contributed by atoms with E-state index >= 15 is 0 Å². The van der Waals surface area contributed by atoms with E-state index in [4.69, 9.17) is 18.9 Å². The van der Waals surface area contributed by atoms with Gasteiger partial charge in [-0.1, -0.05) is 94.4 Å². The molecule has 238 valence electrons. The van der Waals surface area contributed by atoms with Crippen molar-refractivity contribution in [3.8, 4) is 0 Å². The molecular formula is C31H36F6O6. The Bertz CT molecular complexity index is 1210. The Labute approximate surface area is 247 Å². The van der Waals surface area contributed by atoms with Crippen molar-refractivity contribution in [1.82, 2.24) is 0 Å². The van der Waals surface area contributed by atoms with Gasteiger partial charge < -0.3 is 18.9 Å². The standard InChI is InChI=1S/C31H36F6O6/c1-20(2)24(42-26(38)28(40-5,30(32,33)34)22-14-9-7-10-15-22)18-13-19-25(21(3)4)43-27(39)29(41-6,31(35,36)37)23-16-11-8-12-17-23/h7-18,20-21,24-25H,19H2,1-6H3/b18-13-/t24-,25+,28+,29+/m1/s1. The lowest BCUT2D eigenvalue weighted by Gasteiger charge is -2.34. The molecule has 0 aromatic heterocycles. The Morgan fingerprint density at radius 1 is 0.674 bits per heavy atom. The van der Waals surface area contributed by atoms with Crippen LogP contribution in [-0.4, -0.2) is 50.7 Å². The first kappa shape index (κ1) is 35.8. The molecule has 6 nitrogen and oxygen atoms in total. The number of hydrogen-bond acceptors (Lipinski definition) is 6. The molecule has 0 radical (unpaired) electrons. The third-order valence-corrected chi connectivity index (χ3v) is 6.94. The molecule has 2 aromatic rings. The average Bonchev–Trinajstić information content (AvgIpc) is 2.92. The summed E-state index contributed by atoms with van der Waals surface area (Å²) in [6.45, 7) is 6.44. The van der Waals surface area contributed by atoms with Gasteiger partial charge in [-0.25, -0.2) is 9.59 Å². The summed E-state index contributed by atoms with van der Waals surface area (Å²) < 4.78 is 106. The van der Waals surface area contributed by atoms with E-state index in [0.29, 0.717) is 0 Å². The zero-order chi connectivity index (χ0) is 32.6. The quantitative estimate of drug-likeness (QED) is 0.134. The van der Waals surface area contributed by atoms with Gasteiger partial charge in [-0.3, -0.25) is 0 Å². The number of halogens is 6. The van der Waals surface area contributed by atoms with Crippen LogP contribution in [0, 0.1) is 11.8 Å². The van der Waals surface area contributed by atoms with E-state index in [1.54, 1.807) is 27.7 Å². The highest BCUT2D eigenvalue weighted by Crippen LogP contribution is 2.44. The Morgan fingerprint density at radius 3 is 1.40 bits per heavy atom. The van der Waals surface area contributed by atoms with E-state index < -0.39 is 70.7 Å². The van der Waals surface area contributed by atoms with Gasteiger partial charge in [0.2, 0.25) is 0 Å². The van der Waals surface area contributed by atoms with Crippen molar-refractivity contribution in [1.29, 1.82) is 0 Å². The second-order valence-electron chi connectivity index (χ2n) is 10.5. The summed E-state index contributed by atoms with van der Waals surface area (Å²) >= 11 is 0. The van der Waals surface area contributed by atoms with E-state index in [-0.39, 0.29) is 6.42 Å². The summed E-state index contributed by atoms with van der Waals surface area (Å²) in [6, 6.07) is 12.6. The van der Waals surface area contributed by atoms with Gasteiger partial charge in [0, 0.05) is 31.8 Å². The Hall–Kier alpha value is -3.38. The number of carbonyl (C=O) groups is 2. The summed E-state index contributed by atoms with van der Waals surface area (Å²) in [5.41, 5.74) is -7.73. The molecule has 0 spiro atoms. The van der Waals surface area contributed by atoms with Crippen molar-refractivity contribution >= 4 is 11.9 Å². The molecule has 0 bridgehead atoms. The van der Waals surface area contributed by atoms with Crippen LogP contribution in [0.25, 0.3) is 0 Å². The molecule has 2 rings (SSSR count). The van der Waals surface area contributed by atoms with Crippen molar-refractivity contribution in [3.05, 3.63) is 83.9 Å². The van der Waals surface area contributed by atoms with Crippen LogP contribution in [-0.2, 0) is 39.7 Å².